The predicted molar refractivity (Wildman–Crippen MR) is 83.8 cm³/mol. The lowest BCUT2D eigenvalue weighted by Gasteiger charge is -2.34. The Morgan fingerprint density at radius 1 is 1.35 bits per heavy atom. The molecule has 0 aliphatic carbocycles. The number of hydrogen-bond donors (Lipinski definition) is 2. The number of carbonyl (C=O) groups excluding carboxylic acids is 1. The largest absolute Gasteiger partial charge is 0.357 e. The van der Waals surface area contributed by atoms with Gasteiger partial charge in [0.25, 0.3) is 0 Å². The maximum absolute atomic E-state index is 11.6. The van der Waals surface area contributed by atoms with Gasteiger partial charge in [0.15, 0.2) is 0 Å². The van der Waals surface area contributed by atoms with E-state index in [1.165, 1.54) is 0 Å². The number of piperazine rings is 1. The van der Waals surface area contributed by atoms with E-state index >= 15 is 0 Å². The molecule has 2 N–H and O–H groups in total. The number of carbonyl (C=O) groups is 1. The minimum Gasteiger partial charge on any atom is -0.357 e. The third-order valence-electron chi connectivity index (χ3n) is 3.87. The number of halogens is 1. The van der Waals surface area contributed by atoms with E-state index in [0.717, 1.165) is 44.1 Å². The van der Waals surface area contributed by atoms with Gasteiger partial charge in [0, 0.05) is 6.42 Å². The second kappa shape index (κ2) is 6.95. The molecular formula is C15H23ClN3O+. The molecule has 0 aromatic heterocycles. The van der Waals surface area contributed by atoms with Crippen LogP contribution in [0, 0.1) is 0 Å². The third kappa shape index (κ3) is 3.44. The van der Waals surface area contributed by atoms with Gasteiger partial charge in [0.05, 0.1) is 49.1 Å². The molecule has 1 aliphatic rings. The van der Waals surface area contributed by atoms with E-state index < -0.39 is 0 Å². The quantitative estimate of drug-likeness (QED) is 0.881. The van der Waals surface area contributed by atoms with Crippen LogP contribution in [0.5, 0.6) is 0 Å². The zero-order chi connectivity index (χ0) is 14.5. The summed E-state index contributed by atoms with van der Waals surface area (Å²) < 4.78 is 0. The fraction of sp³-hybridized carbons (Fsp3) is 0.533. The van der Waals surface area contributed by atoms with Crippen LogP contribution in [0.15, 0.2) is 18.2 Å². The van der Waals surface area contributed by atoms with Crippen LogP contribution >= 0.6 is 11.6 Å². The highest BCUT2D eigenvalue weighted by molar-refractivity contribution is 6.34. The second-order valence-electron chi connectivity index (χ2n) is 5.13. The Labute approximate surface area is 125 Å². The molecule has 5 heteroatoms. The number of hydrogen-bond acceptors (Lipinski definition) is 2. The normalized spacial score (nSPS) is 16.2. The predicted octanol–water partition coefficient (Wildman–Crippen LogP) is 1.41. The van der Waals surface area contributed by atoms with Crippen LogP contribution in [-0.4, -0.2) is 38.6 Å². The van der Waals surface area contributed by atoms with Crippen molar-refractivity contribution in [3.8, 4) is 0 Å². The first-order valence-corrected chi connectivity index (χ1v) is 7.70. The molecule has 1 aromatic rings. The van der Waals surface area contributed by atoms with Crippen molar-refractivity contribution < 1.29 is 9.69 Å². The molecule has 110 valence electrons. The van der Waals surface area contributed by atoms with E-state index in [1.54, 1.807) is 4.90 Å². The van der Waals surface area contributed by atoms with Crippen LogP contribution in [0.3, 0.4) is 0 Å². The van der Waals surface area contributed by atoms with Gasteiger partial charge in [-0.25, -0.2) is 0 Å². The van der Waals surface area contributed by atoms with Crippen LogP contribution in [0.1, 0.15) is 20.3 Å². The Morgan fingerprint density at radius 2 is 2.05 bits per heavy atom. The number of amides is 1. The Kier molecular flexibility index (Phi) is 5.26. The molecule has 0 atom stereocenters. The van der Waals surface area contributed by atoms with Gasteiger partial charge in [0.1, 0.15) is 0 Å². The monoisotopic (exact) mass is 296 g/mol. The fourth-order valence-electron chi connectivity index (χ4n) is 2.58. The number of nitrogens with one attached hydrogen (secondary N) is 2. The minimum atomic E-state index is 0.0198. The maximum Gasteiger partial charge on any atom is 0.224 e. The summed E-state index contributed by atoms with van der Waals surface area (Å²) in [4.78, 5) is 15.6. The average Bonchev–Trinajstić information content (AvgIpc) is 2.47. The smallest absolute Gasteiger partial charge is 0.224 e. The lowest BCUT2D eigenvalue weighted by Crippen LogP contribution is -3.14. The standard InChI is InChI=1S/C15H22ClN3O/c1-3-14(20)17-13-7-5-6-12(16)15(13)19-10-8-18(4-2)9-11-19/h5-7H,3-4,8-11H2,1-2H3,(H,17,20)/p+1. The summed E-state index contributed by atoms with van der Waals surface area (Å²) in [5, 5.41) is 3.66. The first-order chi connectivity index (χ1) is 9.65. The Balaban J connectivity index is 2.19. The fourth-order valence-corrected chi connectivity index (χ4v) is 2.87. The van der Waals surface area contributed by atoms with E-state index in [1.807, 2.05) is 25.1 Å². The van der Waals surface area contributed by atoms with E-state index in [2.05, 4.69) is 17.1 Å². The molecule has 0 unspecified atom stereocenters. The molecule has 1 fully saturated rings. The van der Waals surface area contributed by atoms with Crippen LogP contribution in [0.2, 0.25) is 5.02 Å². The Morgan fingerprint density at radius 3 is 2.65 bits per heavy atom. The maximum atomic E-state index is 11.6. The molecule has 20 heavy (non-hydrogen) atoms. The molecule has 1 heterocycles. The van der Waals surface area contributed by atoms with Crippen molar-refractivity contribution in [2.24, 2.45) is 0 Å². The first kappa shape index (κ1) is 15.1. The zero-order valence-electron chi connectivity index (χ0n) is 12.2. The summed E-state index contributed by atoms with van der Waals surface area (Å²) >= 11 is 6.36. The van der Waals surface area contributed by atoms with Gasteiger partial charge in [-0.2, -0.15) is 0 Å². The van der Waals surface area contributed by atoms with Crippen molar-refractivity contribution in [1.29, 1.82) is 0 Å². The van der Waals surface area contributed by atoms with Crippen molar-refractivity contribution in [1.82, 2.24) is 0 Å². The molecule has 0 bridgehead atoms. The number of benzene rings is 1. The number of nitrogens with zero attached hydrogens (tertiary/aromatic N) is 1. The highest BCUT2D eigenvalue weighted by Gasteiger charge is 2.23. The number of para-hydroxylation sites is 1. The summed E-state index contributed by atoms with van der Waals surface area (Å²) in [6.07, 6.45) is 0.472. The summed E-state index contributed by atoms with van der Waals surface area (Å²) in [6, 6.07) is 5.69. The first-order valence-electron chi connectivity index (χ1n) is 7.32. The van der Waals surface area contributed by atoms with Crippen LogP contribution in [-0.2, 0) is 4.79 Å². The van der Waals surface area contributed by atoms with E-state index in [0.29, 0.717) is 11.4 Å². The van der Waals surface area contributed by atoms with E-state index in [-0.39, 0.29) is 5.91 Å². The highest BCUT2D eigenvalue weighted by atomic mass is 35.5. The Hall–Kier alpha value is -1.26. The third-order valence-corrected chi connectivity index (χ3v) is 4.17. The van der Waals surface area contributed by atoms with Gasteiger partial charge in [-0.1, -0.05) is 24.6 Å². The SMILES string of the molecule is CCC(=O)Nc1cccc(Cl)c1N1CC[NH+](CC)CC1. The van der Waals surface area contributed by atoms with Crippen molar-refractivity contribution in [3.63, 3.8) is 0 Å². The van der Waals surface area contributed by atoms with Crippen LogP contribution in [0.25, 0.3) is 0 Å². The zero-order valence-corrected chi connectivity index (χ0v) is 13.0. The number of quaternary nitrogens is 1. The lowest BCUT2D eigenvalue weighted by molar-refractivity contribution is -0.898. The summed E-state index contributed by atoms with van der Waals surface area (Å²) in [5.41, 5.74) is 1.79. The number of rotatable bonds is 4. The molecule has 0 spiro atoms. The summed E-state index contributed by atoms with van der Waals surface area (Å²) in [5.74, 6) is 0.0198. The van der Waals surface area contributed by atoms with Crippen molar-refractivity contribution in [2.45, 2.75) is 20.3 Å². The minimum absolute atomic E-state index is 0.0198. The molecule has 2 rings (SSSR count). The highest BCUT2D eigenvalue weighted by Crippen LogP contribution is 2.34. The van der Waals surface area contributed by atoms with E-state index in [4.69, 9.17) is 11.6 Å². The van der Waals surface area contributed by atoms with Crippen LogP contribution < -0.4 is 15.1 Å². The number of likely N-dealkylation sites (N-methyl/N-ethyl adjacent to an activating group) is 1. The van der Waals surface area contributed by atoms with Crippen LogP contribution in [0.4, 0.5) is 11.4 Å². The van der Waals surface area contributed by atoms with Crippen molar-refractivity contribution in [3.05, 3.63) is 23.2 Å². The molecule has 1 amide bonds. The average molecular weight is 297 g/mol. The molecule has 1 aliphatic heterocycles. The summed E-state index contributed by atoms with van der Waals surface area (Å²) in [6.45, 7) is 9.40. The molecule has 0 radical (unpaired) electrons. The van der Waals surface area contributed by atoms with Gasteiger partial charge in [-0.05, 0) is 19.1 Å². The summed E-state index contributed by atoms with van der Waals surface area (Å²) in [7, 11) is 0. The van der Waals surface area contributed by atoms with Gasteiger partial charge in [-0.15, -0.1) is 0 Å². The van der Waals surface area contributed by atoms with Gasteiger partial charge >= 0.3 is 0 Å². The van der Waals surface area contributed by atoms with Gasteiger partial charge < -0.3 is 15.1 Å². The molecule has 0 saturated carbocycles. The second-order valence-corrected chi connectivity index (χ2v) is 5.54. The molecule has 1 saturated heterocycles. The van der Waals surface area contributed by atoms with Gasteiger partial charge in [0.2, 0.25) is 5.91 Å². The van der Waals surface area contributed by atoms with Crippen molar-refractivity contribution >= 4 is 28.9 Å². The lowest BCUT2D eigenvalue weighted by atomic mass is 10.2. The van der Waals surface area contributed by atoms with Gasteiger partial charge in [-0.3, -0.25) is 4.79 Å². The molecule has 1 aromatic carbocycles. The van der Waals surface area contributed by atoms with Crippen molar-refractivity contribution in [2.75, 3.05) is 42.9 Å². The topological polar surface area (TPSA) is 36.8 Å². The number of anilines is 2. The Bertz CT molecular complexity index is 470. The molecular weight excluding hydrogens is 274 g/mol. The van der Waals surface area contributed by atoms with E-state index in [9.17, 15) is 4.79 Å². The molecule has 4 nitrogen and oxygen atoms in total.